The first-order valence-electron chi connectivity index (χ1n) is 7.71. The van der Waals surface area contributed by atoms with Crippen LogP contribution in [0.4, 0.5) is 10.5 Å². The minimum Gasteiger partial charge on any atom is -0.480 e. The van der Waals surface area contributed by atoms with Gasteiger partial charge in [0, 0.05) is 17.1 Å². The number of nitrogens with zero attached hydrogens (tertiary/aromatic N) is 1. The zero-order valence-electron chi connectivity index (χ0n) is 12.9. The number of amides is 2. The first-order valence-corrected chi connectivity index (χ1v) is 8.09. The van der Waals surface area contributed by atoms with Crippen LogP contribution in [0.3, 0.4) is 0 Å². The molecule has 1 heterocycles. The van der Waals surface area contributed by atoms with Crippen molar-refractivity contribution in [3.05, 3.63) is 53.6 Å². The van der Waals surface area contributed by atoms with E-state index >= 15 is 0 Å². The number of hydrogen-bond donors (Lipinski definition) is 2. The van der Waals surface area contributed by atoms with E-state index in [1.54, 1.807) is 12.1 Å². The number of rotatable bonds is 3. The lowest BCUT2D eigenvalue weighted by Gasteiger charge is -2.22. The predicted molar refractivity (Wildman–Crippen MR) is 93.3 cm³/mol. The molecule has 2 aromatic carbocycles. The summed E-state index contributed by atoms with van der Waals surface area (Å²) in [4.78, 5) is 25.2. The third kappa shape index (κ3) is 3.36. The minimum atomic E-state index is -0.975. The van der Waals surface area contributed by atoms with E-state index in [4.69, 9.17) is 11.6 Å². The van der Waals surface area contributed by atoms with Gasteiger partial charge in [-0.15, -0.1) is 0 Å². The third-order valence-electron chi connectivity index (χ3n) is 4.11. The van der Waals surface area contributed by atoms with Gasteiger partial charge in [0.2, 0.25) is 0 Å². The van der Waals surface area contributed by atoms with Crippen LogP contribution in [0, 0.1) is 0 Å². The number of benzene rings is 2. The predicted octanol–water partition coefficient (Wildman–Crippen LogP) is 4.09. The Kier molecular flexibility index (Phi) is 4.71. The standard InChI is InChI=1S/C18H17ClN2O3/c19-13-8-9-14(12-5-2-1-3-6-12)15(11-13)20-18(24)21-10-4-7-16(21)17(22)23/h1-3,5-6,8-9,11,16H,4,7,10H2,(H,20,24)(H,22,23). The molecule has 0 saturated carbocycles. The summed E-state index contributed by atoms with van der Waals surface area (Å²) >= 11 is 6.07. The molecule has 0 radical (unpaired) electrons. The van der Waals surface area contributed by atoms with Gasteiger partial charge in [0.05, 0.1) is 5.69 Å². The molecule has 5 nitrogen and oxygen atoms in total. The SMILES string of the molecule is O=C(O)C1CCCN1C(=O)Nc1cc(Cl)ccc1-c1ccccc1. The normalized spacial score (nSPS) is 16.9. The molecule has 2 aromatic rings. The third-order valence-corrected chi connectivity index (χ3v) is 4.34. The molecule has 0 spiro atoms. The van der Waals surface area contributed by atoms with Gasteiger partial charge in [-0.05, 0) is 30.5 Å². The molecule has 1 aliphatic heterocycles. The topological polar surface area (TPSA) is 69.6 Å². The number of urea groups is 1. The Morgan fingerprint density at radius 3 is 2.62 bits per heavy atom. The number of carbonyl (C=O) groups excluding carboxylic acids is 1. The molecule has 1 aliphatic rings. The lowest BCUT2D eigenvalue weighted by atomic mass is 10.0. The Bertz CT molecular complexity index is 764. The molecule has 6 heteroatoms. The smallest absolute Gasteiger partial charge is 0.326 e. The molecule has 1 unspecified atom stereocenters. The fourth-order valence-electron chi connectivity index (χ4n) is 2.94. The van der Waals surface area contributed by atoms with Crippen LogP contribution in [-0.2, 0) is 4.79 Å². The molecule has 24 heavy (non-hydrogen) atoms. The number of anilines is 1. The van der Waals surface area contributed by atoms with Gasteiger partial charge in [-0.3, -0.25) is 0 Å². The molecular formula is C18H17ClN2O3. The number of likely N-dealkylation sites (tertiary alicyclic amines) is 1. The first-order chi connectivity index (χ1) is 11.6. The van der Waals surface area contributed by atoms with Gasteiger partial charge in [-0.2, -0.15) is 0 Å². The molecule has 3 rings (SSSR count). The van der Waals surface area contributed by atoms with E-state index < -0.39 is 18.0 Å². The van der Waals surface area contributed by atoms with Crippen molar-refractivity contribution in [2.45, 2.75) is 18.9 Å². The number of nitrogens with one attached hydrogen (secondary N) is 1. The zero-order chi connectivity index (χ0) is 17.1. The number of carboxylic acids is 1. The van der Waals surface area contributed by atoms with Gasteiger partial charge < -0.3 is 15.3 Å². The van der Waals surface area contributed by atoms with Gasteiger partial charge >= 0.3 is 12.0 Å². The van der Waals surface area contributed by atoms with Crippen LogP contribution in [0.2, 0.25) is 5.02 Å². The first kappa shape index (κ1) is 16.3. The van der Waals surface area contributed by atoms with E-state index in [9.17, 15) is 14.7 Å². The van der Waals surface area contributed by atoms with Crippen molar-refractivity contribution < 1.29 is 14.7 Å². The van der Waals surface area contributed by atoms with E-state index in [2.05, 4.69) is 5.32 Å². The largest absolute Gasteiger partial charge is 0.480 e. The monoisotopic (exact) mass is 344 g/mol. The summed E-state index contributed by atoms with van der Waals surface area (Å²) in [6.07, 6.45) is 1.16. The van der Waals surface area contributed by atoms with Crippen LogP contribution >= 0.6 is 11.6 Å². The van der Waals surface area contributed by atoms with Crippen molar-refractivity contribution in [1.29, 1.82) is 0 Å². The number of carboxylic acid groups (broad SMARTS) is 1. The van der Waals surface area contributed by atoms with Crippen LogP contribution in [0.1, 0.15) is 12.8 Å². The van der Waals surface area contributed by atoms with Crippen molar-refractivity contribution in [2.75, 3.05) is 11.9 Å². The Labute approximate surface area is 144 Å². The Balaban J connectivity index is 1.88. The number of halogens is 1. The number of carbonyl (C=O) groups is 2. The van der Waals surface area contributed by atoms with E-state index in [1.807, 2.05) is 36.4 Å². The fraction of sp³-hybridized carbons (Fsp3) is 0.222. The summed E-state index contributed by atoms with van der Waals surface area (Å²) in [5, 5.41) is 12.5. The van der Waals surface area contributed by atoms with Crippen LogP contribution in [0.25, 0.3) is 11.1 Å². The Hall–Kier alpha value is -2.53. The molecule has 2 N–H and O–H groups in total. The summed E-state index contributed by atoms with van der Waals surface area (Å²) in [6, 6.07) is 13.7. The molecule has 1 atom stereocenters. The average Bonchev–Trinajstić information content (AvgIpc) is 3.06. The van der Waals surface area contributed by atoms with Gasteiger partial charge in [-0.25, -0.2) is 9.59 Å². The van der Waals surface area contributed by atoms with E-state index in [1.165, 1.54) is 4.90 Å². The fourth-order valence-corrected chi connectivity index (χ4v) is 3.11. The van der Waals surface area contributed by atoms with Gasteiger partial charge in [0.25, 0.3) is 0 Å². The van der Waals surface area contributed by atoms with Crippen LogP contribution in [0.5, 0.6) is 0 Å². The van der Waals surface area contributed by atoms with Crippen molar-refractivity contribution in [3.8, 4) is 11.1 Å². The molecule has 124 valence electrons. The molecule has 1 saturated heterocycles. The second-order valence-electron chi connectivity index (χ2n) is 5.68. The second-order valence-corrected chi connectivity index (χ2v) is 6.11. The quantitative estimate of drug-likeness (QED) is 0.881. The van der Waals surface area contributed by atoms with Gasteiger partial charge in [0.15, 0.2) is 0 Å². The van der Waals surface area contributed by atoms with E-state index in [-0.39, 0.29) is 0 Å². The maximum atomic E-state index is 12.5. The highest BCUT2D eigenvalue weighted by Crippen LogP contribution is 2.31. The van der Waals surface area contributed by atoms with Crippen LogP contribution in [0.15, 0.2) is 48.5 Å². The van der Waals surface area contributed by atoms with Crippen LogP contribution in [-0.4, -0.2) is 34.6 Å². The minimum absolute atomic E-state index is 0.417. The summed E-state index contributed by atoms with van der Waals surface area (Å²) < 4.78 is 0. The molecule has 0 aliphatic carbocycles. The molecule has 0 aromatic heterocycles. The Morgan fingerprint density at radius 2 is 1.92 bits per heavy atom. The van der Waals surface area contributed by atoms with Crippen molar-refractivity contribution in [1.82, 2.24) is 4.90 Å². The highest BCUT2D eigenvalue weighted by atomic mass is 35.5. The number of aliphatic carboxylic acids is 1. The van der Waals surface area contributed by atoms with Gasteiger partial charge in [0.1, 0.15) is 6.04 Å². The average molecular weight is 345 g/mol. The maximum absolute atomic E-state index is 12.5. The zero-order valence-corrected chi connectivity index (χ0v) is 13.7. The molecular weight excluding hydrogens is 328 g/mol. The summed E-state index contributed by atoms with van der Waals surface area (Å²) in [5.41, 5.74) is 2.34. The van der Waals surface area contributed by atoms with Crippen LogP contribution < -0.4 is 5.32 Å². The molecule has 0 bridgehead atoms. The molecule has 1 fully saturated rings. The van der Waals surface area contributed by atoms with Crippen molar-refractivity contribution in [3.63, 3.8) is 0 Å². The number of hydrogen-bond acceptors (Lipinski definition) is 2. The van der Waals surface area contributed by atoms with Gasteiger partial charge in [-0.1, -0.05) is 48.0 Å². The molecule has 2 amide bonds. The Morgan fingerprint density at radius 1 is 1.17 bits per heavy atom. The summed E-state index contributed by atoms with van der Waals surface area (Å²) in [6.45, 7) is 0.435. The summed E-state index contributed by atoms with van der Waals surface area (Å²) in [5.74, 6) is -0.975. The van der Waals surface area contributed by atoms with E-state index in [0.29, 0.717) is 30.1 Å². The van der Waals surface area contributed by atoms with Crippen molar-refractivity contribution >= 4 is 29.3 Å². The van der Waals surface area contributed by atoms with Crippen molar-refractivity contribution in [2.24, 2.45) is 0 Å². The lowest BCUT2D eigenvalue weighted by molar-refractivity contribution is -0.141. The second kappa shape index (κ2) is 6.93. The maximum Gasteiger partial charge on any atom is 0.326 e. The lowest BCUT2D eigenvalue weighted by Crippen LogP contribution is -2.42. The van der Waals surface area contributed by atoms with E-state index in [0.717, 1.165) is 11.1 Å². The highest BCUT2D eigenvalue weighted by Gasteiger charge is 2.34. The highest BCUT2D eigenvalue weighted by molar-refractivity contribution is 6.31. The summed E-state index contributed by atoms with van der Waals surface area (Å²) in [7, 11) is 0.